The number of hydrogen-bond acceptors (Lipinski definition) is 6. The van der Waals surface area contributed by atoms with Crippen LogP contribution in [-0.2, 0) is 31.1 Å². The molecule has 3 N–H and O–H groups in total. The number of rotatable bonds is 29. The van der Waals surface area contributed by atoms with Crippen LogP contribution in [0, 0.1) is 0 Å². The molecule has 5 rings (SSSR count). The van der Waals surface area contributed by atoms with Crippen molar-refractivity contribution in [3.63, 3.8) is 0 Å². The second-order valence-electron chi connectivity index (χ2n) is 20.9. The predicted molar refractivity (Wildman–Crippen MR) is 288 cm³/mol. The van der Waals surface area contributed by atoms with E-state index in [1.807, 2.05) is 54.6 Å². The van der Waals surface area contributed by atoms with Crippen LogP contribution in [0.25, 0.3) is 22.6 Å². The Labute approximate surface area is 416 Å². The molecule has 0 fully saturated rings. The monoisotopic (exact) mass is 961 g/mol. The number of nitrogens with one attached hydrogen (secondary N) is 3. The van der Waals surface area contributed by atoms with E-state index < -0.39 is 16.1 Å². The fraction of sp³-hybridized carbons (Fsp3) is 0.525. The van der Waals surface area contributed by atoms with Gasteiger partial charge in [-0.3, -0.25) is 9.52 Å². The molecule has 0 aliphatic heterocycles. The van der Waals surface area contributed by atoms with Gasteiger partial charge in [0.25, 0.3) is 15.9 Å². The molecule has 0 saturated heterocycles. The Morgan fingerprint density at radius 3 is 1.93 bits per heavy atom. The number of carbonyl (C=O) groups is 1. The Morgan fingerprint density at radius 2 is 1.25 bits per heavy atom. The summed E-state index contributed by atoms with van der Waals surface area (Å²) >= 11 is 0. The van der Waals surface area contributed by atoms with Crippen LogP contribution in [0.5, 0.6) is 11.5 Å². The quantitative estimate of drug-likeness (QED) is 0.0410. The number of nitrogens with zero attached hydrogens (tertiary/aromatic N) is 1. The van der Waals surface area contributed by atoms with Gasteiger partial charge in [0.1, 0.15) is 22.2 Å². The van der Waals surface area contributed by atoms with Gasteiger partial charge in [0.15, 0.2) is 6.10 Å². The maximum atomic E-state index is 14.6. The number of benzene rings is 4. The average Bonchev–Trinajstić information content (AvgIpc) is 3.82. The Morgan fingerprint density at radius 1 is 0.652 bits per heavy atom. The Balaban J connectivity index is 1.42. The van der Waals surface area contributed by atoms with Crippen LogP contribution < -0.4 is 19.5 Å². The number of aromatic amines is 1. The van der Waals surface area contributed by atoms with Gasteiger partial charge in [0.2, 0.25) is 0 Å². The summed E-state index contributed by atoms with van der Waals surface area (Å²) in [5.41, 5.74) is 5.79. The highest BCUT2D eigenvalue weighted by Crippen LogP contribution is 2.41. The van der Waals surface area contributed by atoms with Crippen molar-refractivity contribution in [2.75, 3.05) is 16.6 Å². The third-order valence-electron chi connectivity index (χ3n) is 14.3. The zero-order valence-corrected chi connectivity index (χ0v) is 44.8. The second kappa shape index (κ2) is 25.2. The maximum absolute atomic E-state index is 14.6. The fourth-order valence-electron chi connectivity index (χ4n) is 8.65. The number of imidazole rings is 1. The van der Waals surface area contributed by atoms with Crippen molar-refractivity contribution < 1.29 is 22.7 Å². The molecule has 1 heterocycles. The number of para-hydroxylation sites is 2. The molecule has 9 nitrogen and oxygen atoms in total. The van der Waals surface area contributed by atoms with Crippen LogP contribution in [0.3, 0.4) is 0 Å². The SMILES string of the molecule is CCCCCCCCOc1ccc(C(C)(C)CCCCC)cc1S(=O)(=O)Nc1ccccc1-c1nc(-c2ccccc2NC(=O)C(CCCC)Oc2ccc(C(C)(C)CC)cc2C(C)(C)CC)c[nH]1. The number of sulfonamides is 1. The van der Waals surface area contributed by atoms with Crippen molar-refractivity contribution in [2.24, 2.45) is 0 Å². The summed E-state index contributed by atoms with van der Waals surface area (Å²) in [5.74, 6) is 1.33. The van der Waals surface area contributed by atoms with Crippen molar-refractivity contribution in [1.29, 1.82) is 0 Å². The predicted octanol–water partition coefficient (Wildman–Crippen LogP) is 16.1. The molecule has 1 unspecified atom stereocenters. The van der Waals surface area contributed by atoms with Gasteiger partial charge >= 0.3 is 0 Å². The van der Waals surface area contributed by atoms with Gasteiger partial charge in [-0.1, -0.05) is 182 Å². The van der Waals surface area contributed by atoms with Gasteiger partial charge in [-0.05, 0) is 102 Å². The smallest absolute Gasteiger partial charge is 0.265 e. The molecular weight excluding hydrogens is 877 g/mol. The summed E-state index contributed by atoms with van der Waals surface area (Å²) in [5, 5.41) is 3.21. The highest BCUT2D eigenvalue weighted by molar-refractivity contribution is 7.92. The van der Waals surface area contributed by atoms with Gasteiger partial charge < -0.3 is 19.8 Å². The molecule has 0 radical (unpaired) electrons. The van der Waals surface area contributed by atoms with E-state index in [0.717, 1.165) is 87.5 Å². The highest BCUT2D eigenvalue weighted by atomic mass is 32.2. The van der Waals surface area contributed by atoms with E-state index in [2.05, 4.69) is 109 Å². The largest absolute Gasteiger partial charge is 0.492 e. The van der Waals surface area contributed by atoms with E-state index in [0.29, 0.717) is 52.8 Å². The van der Waals surface area contributed by atoms with Crippen LogP contribution in [0.4, 0.5) is 11.4 Å². The van der Waals surface area contributed by atoms with Crippen molar-refractivity contribution in [2.45, 2.75) is 200 Å². The van der Waals surface area contributed by atoms with E-state index in [9.17, 15) is 13.2 Å². The molecule has 4 aromatic carbocycles. The van der Waals surface area contributed by atoms with Crippen LogP contribution in [0.15, 0.2) is 96.0 Å². The minimum Gasteiger partial charge on any atom is -0.492 e. The van der Waals surface area contributed by atoms with E-state index in [1.54, 1.807) is 18.3 Å². The van der Waals surface area contributed by atoms with E-state index in [-0.39, 0.29) is 27.0 Å². The number of amides is 1. The lowest BCUT2D eigenvalue weighted by atomic mass is 9.76. The number of ether oxygens (including phenoxy) is 2. The molecule has 1 amide bonds. The van der Waals surface area contributed by atoms with Gasteiger partial charge in [-0.15, -0.1) is 0 Å². The van der Waals surface area contributed by atoms with Gasteiger partial charge in [0.05, 0.1) is 23.7 Å². The highest BCUT2D eigenvalue weighted by Gasteiger charge is 2.31. The number of unbranched alkanes of at least 4 members (excludes halogenated alkanes) is 8. The standard InChI is InChI=1S/C59H84N4O5S/c1-12-17-20-21-22-28-39-67-52-37-35-44(59(10,11)38-27-18-13-2)41-54(52)69(65,66)63-49-32-26-24-30-46(49)55-60-42-50(61-55)45-29-23-25-31-48(45)62-56(64)53(33-19-14-3)68-51-36-34-43(57(6,7)15-4)40-47(51)58(8,9)16-5/h23-26,29-32,34-37,40-42,53,63H,12-22,27-28,33,38-39H2,1-11H3,(H,60,61)(H,62,64). The van der Waals surface area contributed by atoms with Crippen molar-refractivity contribution in [3.05, 3.63) is 108 Å². The molecule has 0 bridgehead atoms. The third kappa shape index (κ3) is 14.7. The zero-order chi connectivity index (χ0) is 50.2. The fourth-order valence-corrected chi connectivity index (χ4v) is 9.90. The Bertz CT molecular complexity index is 2520. The summed E-state index contributed by atoms with van der Waals surface area (Å²) in [7, 11) is -4.14. The number of carbonyl (C=O) groups excluding carboxylic acids is 1. The van der Waals surface area contributed by atoms with E-state index in [1.165, 1.54) is 24.8 Å². The number of aromatic nitrogens is 2. The first-order valence-electron chi connectivity index (χ1n) is 26.1. The van der Waals surface area contributed by atoms with Crippen LogP contribution in [0.1, 0.15) is 189 Å². The molecule has 69 heavy (non-hydrogen) atoms. The summed E-state index contributed by atoms with van der Waals surface area (Å²) in [6.45, 7) is 24.7. The molecular formula is C59H84N4O5S. The van der Waals surface area contributed by atoms with Gasteiger partial charge in [-0.2, -0.15) is 0 Å². The number of anilines is 2. The molecule has 10 heteroatoms. The molecule has 1 atom stereocenters. The first-order valence-corrected chi connectivity index (χ1v) is 27.6. The second-order valence-corrected chi connectivity index (χ2v) is 22.5. The third-order valence-corrected chi connectivity index (χ3v) is 15.7. The Hall–Kier alpha value is -5.09. The number of H-pyrrole nitrogens is 1. The number of hydrogen-bond donors (Lipinski definition) is 3. The summed E-state index contributed by atoms with van der Waals surface area (Å²) in [4.78, 5) is 22.8. The van der Waals surface area contributed by atoms with Crippen molar-refractivity contribution >= 4 is 27.3 Å². The van der Waals surface area contributed by atoms with Crippen LogP contribution in [-0.4, -0.2) is 37.0 Å². The summed E-state index contributed by atoms with van der Waals surface area (Å²) in [6.07, 6.45) is 16.2. The minimum atomic E-state index is -4.14. The molecule has 376 valence electrons. The topological polar surface area (TPSA) is 122 Å². The first kappa shape index (κ1) is 54.8. The summed E-state index contributed by atoms with van der Waals surface area (Å²) in [6, 6.07) is 27.0. The zero-order valence-electron chi connectivity index (χ0n) is 43.9. The van der Waals surface area contributed by atoms with E-state index in [4.69, 9.17) is 14.5 Å². The molecule has 0 spiro atoms. The molecule has 0 aliphatic carbocycles. The van der Waals surface area contributed by atoms with Crippen molar-refractivity contribution in [3.8, 4) is 34.1 Å². The normalized spacial score (nSPS) is 12.7. The molecule has 0 saturated carbocycles. The van der Waals surface area contributed by atoms with Crippen LogP contribution >= 0.6 is 0 Å². The average molecular weight is 961 g/mol. The van der Waals surface area contributed by atoms with Gasteiger partial charge in [0, 0.05) is 22.9 Å². The lowest BCUT2D eigenvalue weighted by Crippen LogP contribution is -2.34. The molecule has 1 aromatic heterocycles. The molecule has 0 aliphatic rings. The lowest BCUT2D eigenvalue weighted by Gasteiger charge is -2.31. The first-order chi connectivity index (χ1) is 32.9. The summed E-state index contributed by atoms with van der Waals surface area (Å²) < 4.78 is 45.2. The van der Waals surface area contributed by atoms with Crippen LogP contribution in [0.2, 0.25) is 0 Å². The molecule has 5 aromatic rings. The van der Waals surface area contributed by atoms with E-state index >= 15 is 0 Å². The lowest BCUT2D eigenvalue weighted by molar-refractivity contribution is -0.123. The maximum Gasteiger partial charge on any atom is 0.265 e. The Kier molecular flexibility index (Phi) is 20.0. The minimum absolute atomic E-state index is 0.00544. The van der Waals surface area contributed by atoms with Crippen molar-refractivity contribution in [1.82, 2.24) is 9.97 Å². The van der Waals surface area contributed by atoms with Gasteiger partial charge in [-0.25, -0.2) is 13.4 Å².